The minimum absolute atomic E-state index is 0.221. The molecule has 0 fully saturated rings. The van der Waals surface area contributed by atoms with E-state index in [1.807, 2.05) is 0 Å². The van der Waals surface area contributed by atoms with E-state index in [-0.39, 0.29) is 22.4 Å². The first-order valence-electron chi connectivity index (χ1n) is 5.78. The normalized spacial score (nSPS) is 11.5. The van der Waals surface area contributed by atoms with Gasteiger partial charge in [-0.15, -0.1) is 11.3 Å². The van der Waals surface area contributed by atoms with E-state index < -0.39 is 10.0 Å². The summed E-state index contributed by atoms with van der Waals surface area (Å²) in [5.41, 5.74) is 0.757. The van der Waals surface area contributed by atoms with Crippen molar-refractivity contribution in [1.29, 1.82) is 0 Å². The molecule has 0 saturated carbocycles. The van der Waals surface area contributed by atoms with Gasteiger partial charge in [0.2, 0.25) is 10.0 Å². The molecular formula is C12H14N2O4S2. The summed E-state index contributed by atoms with van der Waals surface area (Å²) in [6, 6.07) is 4.89. The number of carbonyl (C=O) groups excluding carboxylic acids is 1. The van der Waals surface area contributed by atoms with Crippen LogP contribution in [-0.2, 0) is 16.6 Å². The van der Waals surface area contributed by atoms with E-state index in [2.05, 4.69) is 10.0 Å². The number of nitrogens with one attached hydrogen (secondary N) is 2. The van der Waals surface area contributed by atoms with E-state index in [4.69, 9.17) is 4.42 Å². The highest BCUT2D eigenvalue weighted by Gasteiger charge is 2.16. The zero-order chi connectivity index (χ0) is 14.8. The molecule has 0 unspecified atom stereocenters. The van der Waals surface area contributed by atoms with E-state index >= 15 is 0 Å². The van der Waals surface area contributed by atoms with Crippen LogP contribution in [0, 0.1) is 6.92 Å². The van der Waals surface area contributed by atoms with Gasteiger partial charge in [-0.1, -0.05) is 0 Å². The van der Waals surface area contributed by atoms with Crippen molar-refractivity contribution in [3.8, 4) is 0 Å². The van der Waals surface area contributed by atoms with Gasteiger partial charge in [-0.05, 0) is 32.2 Å². The lowest BCUT2D eigenvalue weighted by atomic mass is 10.2. The SMILES string of the molecule is CNS(=O)(=O)c1ccc(CNC(=O)c2occc2C)s1. The molecular weight excluding hydrogens is 300 g/mol. The Kier molecular flexibility index (Phi) is 4.26. The van der Waals surface area contributed by atoms with Crippen LogP contribution in [0.1, 0.15) is 21.0 Å². The van der Waals surface area contributed by atoms with Crippen LogP contribution in [0.5, 0.6) is 0 Å². The van der Waals surface area contributed by atoms with Crippen LogP contribution in [0.3, 0.4) is 0 Å². The number of amides is 1. The summed E-state index contributed by atoms with van der Waals surface area (Å²) in [4.78, 5) is 12.6. The predicted octanol–water partition coefficient (Wildman–Crippen LogP) is 1.49. The van der Waals surface area contributed by atoms with E-state index in [1.165, 1.54) is 19.4 Å². The number of aryl methyl sites for hydroxylation is 1. The van der Waals surface area contributed by atoms with Crippen molar-refractivity contribution in [2.75, 3.05) is 7.05 Å². The van der Waals surface area contributed by atoms with Crippen LogP contribution in [0.2, 0.25) is 0 Å². The quantitative estimate of drug-likeness (QED) is 0.875. The van der Waals surface area contributed by atoms with Crippen molar-refractivity contribution in [3.05, 3.63) is 40.7 Å². The van der Waals surface area contributed by atoms with Gasteiger partial charge in [0.15, 0.2) is 5.76 Å². The summed E-state index contributed by atoms with van der Waals surface area (Å²) in [6.07, 6.45) is 1.45. The summed E-state index contributed by atoms with van der Waals surface area (Å²) in [6.45, 7) is 2.03. The molecule has 8 heteroatoms. The second-order valence-corrected chi connectivity index (χ2v) is 7.33. The second kappa shape index (κ2) is 5.78. The van der Waals surface area contributed by atoms with Gasteiger partial charge >= 0.3 is 0 Å². The lowest BCUT2D eigenvalue weighted by molar-refractivity contribution is 0.0922. The minimum Gasteiger partial charge on any atom is -0.459 e. The molecule has 0 spiro atoms. The Morgan fingerprint density at radius 3 is 2.70 bits per heavy atom. The molecule has 0 bridgehead atoms. The van der Waals surface area contributed by atoms with Gasteiger partial charge < -0.3 is 9.73 Å². The lowest BCUT2D eigenvalue weighted by Crippen LogP contribution is -2.22. The fourth-order valence-electron chi connectivity index (χ4n) is 1.55. The highest BCUT2D eigenvalue weighted by atomic mass is 32.2. The largest absolute Gasteiger partial charge is 0.459 e. The highest BCUT2D eigenvalue weighted by molar-refractivity contribution is 7.91. The Morgan fingerprint density at radius 1 is 1.35 bits per heavy atom. The van der Waals surface area contributed by atoms with Gasteiger partial charge in [0.25, 0.3) is 5.91 Å². The molecule has 0 aliphatic rings. The molecule has 2 heterocycles. The first kappa shape index (κ1) is 14.8. The van der Waals surface area contributed by atoms with Crippen LogP contribution in [-0.4, -0.2) is 21.4 Å². The smallest absolute Gasteiger partial charge is 0.287 e. The van der Waals surface area contributed by atoms with Crippen molar-refractivity contribution in [1.82, 2.24) is 10.0 Å². The number of carbonyl (C=O) groups is 1. The Morgan fingerprint density at radius 2 is 2.10 bits per heavy atom. The average molecular weight is 314 g/mol. The zero-order valence-corrected chi connectivity index (χ0v) is 12.6. The molecule has 0 radical (unpaired) electrons. The molecule has 2 aromatic heterocycles. The summed E-state index contributed by atoms with van der Waals surface area (Å²) < 4.78 is 30.7. The van der Waals surface area contributed by atoms with Gasteiger partial charge in [0.1, 0.15) is 4.21 Å². The first-order chi connectivity index (χ1) is 9.44. The number of hydrogen-bond acceptors (Lipinski definition) is 5. The number of furan rings is 1. The van der Waals surface area contributed by atoms with Gasteiger partial charge in [0, 0.05) is 10.4 Å². The van der Waals surface area contributed by atoms with E-state index in [0.29, 0.717) is 0 Å². The van der Waals surface area contributed by atoms with Crippen molar-refractivity contribution in [3.63, 3.8) is 0 Å². The molecule has 2 rings (SSSR count). The standard InChI is InChI=1S/C12H14N2O4S2/c1-8-5-6-18-11(8)12(15)14-7-9-3-4-10(19-9)20(16,17)13-2/h3-6,13H,7H2,1-2H3,(H,14,15). The monoisotopic (exact) mass is 314 g/mol. The molecule has 2 N–H and O–H groups in total. The Labute approximate surface area is 120 Å². The Balaban J connectivity index is 2.02. The fraction of sp³-hybridized carbons (Fsp3) is 0.250. The minimum atomic E-state index is -3.43. The second-order valence-electron chi connectivity index (χ2n) is 4.04. The van der Waals surface area contributed by atoms with Gasteiger partial charge in [-0.2, -0.15) is 0 Å². The van der Waals surface area contributed by atoms with Crippen LogP contribution in [0.4, 0.5) is 0 Å². The number of sulfonamides is 1. The molecule has 0 aliphatic carbocycles. The number of hydrogen-bond donors (Lipinski definition) is 2. The van der Waals surface area contributed by atoms with Gasteiger partial charge in [0.05, 0.1) is 12.8 Å². The van der Waals surface area contributed by atoms with Crippen molar-refractivity contribution in [2.24, 2.45) is 0 Å². The number of rotatable bonds is 5. The molecule has 6 nitrogen and oxygen atoms in total. The average Bonchev–Trinajstić information content (AvgIpc) is 3.05. The van der Waals surface area contributed by atoms with Crippen LogP contribution < -0.4 is 10.0 Å². The third-order valence-corrected chi connectivity index (χ3v) is 5.65. The molecule has 0 aromatic carbocycles. The van der Waals surface area contributed by atoms with Crippen molar-refractivity contribution < 1.29 is 17.6 Å². The fourth-order valence-corrected chi connectivity index (χ4v) is 3.68. The maximum atomic E-state index is 11.8. The molecule has 0 aliphatic heterocycles. The summed E-state index contributed by atoms with van der Waals surface area (Å²) in [7, 11) is -2.07. The molecule has 108 valence electrons. The maximum absolute atomic E-state index is 11.8. The van der Waals surface area contributed by atoms with Crippen LogP contribution in [0.25, 0.3) is 0 Å². The lowest BCUT2D eigenvalue weighted by Gasteiger charge is -2.01. The van der Waals surface area contributed by atoms with E-state index in [0.717, 1.165) is 21.8 Å². The zero-order valence-electron chi connectivity index (χ0n) is 11.0. The van der Waals surface area contributed by atoms with Crippen molar-refractivity contribution >= 4 is 27.3 Å². The van der Waals surface area contributed by atoms with Crippen LogP contribution in [0.15, 0.2) is 33.1 Å². The highest BCUT2D eigenvalue weighted by Crippen LogP contribution is 2.21. The molecule has 20 heavy (non-hydrogen) atoms. The molecule has 2 aromatic rings. The third kappa shape index (κ3) is 3.09. The van der Waals surface area contributed by atoms with Gasteiger partial charge in [-0.3, -0.25) is 4.79 Å². The summed E-state index contributed by atoms with van der Waals surface area (Å²) in [5.74, 6) is -0.0523. The molecule has 0 saturated heterocycles. The Hall–Kier alpha value is -1.64. The molecule has 1 amide bonds. The predicted molar refractivity (Wildman–Crippen MR) is 75.2 cm³/mol. The third-order valence-electron chi connectivity index (χ3n) is 2.66. The molecule has 0 atom stereocenters. The van der Waals surface area contributed by atoms with Crippen molar-refractivity contribution in [2.45, 2.75) is 17.7 Å². The summed E-state index contributed by atoms with van der Waals surface area (Å²) >= 11 is 1.11. The van der Waals surface area contributed by atoms with E-state index in [1.54, 1.807) is 19.1 Å². The van der Waals surface area contributed by atoms with E-state index in [9.17, 15) is 13.2 Å². The first-order valence-corrected chi connectivity index (χ1v) is 8.08. The topological polar surface area (TPSA) is 88.4 Å². The van der Waals surface area contributed by atoms with Gasteiger partial charge in [-0.25, -0.2) is 13.1 Å². The summed E-state index contributed by atoms with van der Waals surface area (Å²) in [5, 5.41) is 2.69. The Bertz CT molecular complexity index is 715. The number of thiophene rings is 1. The maximum Gasteiger partial charge on any atom is 0.287 e. The van der Waals surface area contributed by atoms with Crippen LogP contribution >= 0.6 is 11.3 Å².